The Labute approximate surface area is 178 Å². The number of hydrogen-bond acceptors (Lipinski definition) is 3. The number of carbonyl (C=O) groups excluding carboxylic acids is 3. The van der Waals surface area contributed by atoms with Crippen molar-refractivity contribution in [1.29, 1.82) is 0 Å². The molecule has 8 heteroatoms. The molecule has 30 heavy (non-hydrogen) atoms. The Morgan fingerprint density at radius 3 is 2.10 bits per heavy atom. The number of benzene rings is 1. The minimum Gasteiger partial charge on any atom is -0.344 e. The summed E-state index contributed by atoms with van der Waals surface area (Å²) in [6, 6.07) is 5.41. The molecule has 1 saturated heterocycles. The Morgan fingerprint density at radius 1 is 1.03 bits per heavy atom. The normalized spacial score (nSPS) is 15.3. The molecule has 1 atom stereocenters. The van der Waals surface area contributed by atoms with E-state index in [4.69, 9.17) is 0 Å². The van der Waals surface area contributed by atoms with E-state index in [1.165, 1.54) is 19.1 Å². The van der Waals surface area contributed by atoms with Gasteiger partial charge in [-0.1, -0.05) is 12.1 Å². The van der Waals surface area contributed by atoms with Crippen molar-refractivity contribution in [1.82, 2.24) is 20.0 Å². The third-order valence-electron chi connectivity index (χ3n) is 5.20. The molecular formula is C22H33FN4O3. The second-order valence-electron chi connectivity index (χ2n) is 8.28. The molecule has 1 fully saturated rings. The first-order valence-corrected chi connectivity index (χ1v) is 10.5. The van der Waals surface area contributed by atoms with Gasteiger partial charge in [-0.25, -0.2) is 9.18 Å². The second kappa shape index (κ2) is 10.4. The fourth-order valence-corrected chi connectivity index (χ4v) is 3.88. The number of nitrogens with one attached hydrogen (secondary N) is 1. The molecule has 1 aromatic rings. The predicted molar refractivity (Wildman–Crippen MR) is 113 cm³/mol. The molecule has 1 aliphatic heterocycles. The highest BCUT2D eigenvalue weighted by Gasteiger charge is 2.32. The Balaban J connectivity index is 2.03. The van der Waals surface area contributed by atoms with Gasteiger partial charge in [-0.2, -0.15) is 0 Å². The van der Waals surface area contributed by atoms with Crippen molar-refractivity contribution >= 4 is 17.8 Å². The third kappa shape index (κ3) is 6.18. The Hall–Kier alpha value is -2.64. The molecule has 1 heterocycles. The summed E-state index contributed by atoms with van der Waals surface area (Å²) in [6.07, 6.45) is 0.212. The van der Waals surface area contributed by atoms with Crippen LogP contribution < -0.4 is 5.32 Å². The van der Waals surface area contributed by atoms with E-state index in [0.29, 0.717) is 31.7 Å². The molecule has 1 aromatic carbocycles. The Morgan fingerprint density at radius 2 is 1.60 bits per heavy atom. The molecule has 0 spiro atoms. The van der Waals surface area contributed by atoms with Crippen molar-refractivity contribution in [2.24, 2.45) is 0 Å². The van der Waals surface area contributed by atoms with Gasteiger partial charge in [-0.15, -0.1) is 0 Å². The van der Waals surface area contributed by atoms with Gasteiger partial charge < -0.3 is 20.0 Å². The van der Waals surface area contributed by atoms with Crippen molar-refractivity contribution in [3.05, 3.63) is 35.6 Å². The molecule has 0 aromatic heterocycles. The third-order valence-corrected chi connectivity index (χ3v) is 5.20. The Kier molecular flexibility index (Phi) is 8.20. The maximum Gasteiger partial charge on any atom is 0.320 e. The smallest absolute Gasteiger partial charge is 0.320 e. The van der Waals surface area contributed by atoms with E-state index >= 15 is 0 Å². The maximum absolute atomic E-state index is 13.5. The largest absolute Gasteiger partial charge is 0.344 e. The molecule has 0 bridgehead atoms. The van der Waals surface area contributed by atoms with Crippen LogP contribution in [0.1, 0.15) is 40.2 Å². The zero-order valence-electron chi connectivity index (χ0n) is 18.5. The van der Waals surface area contributed by atoms with Crippen LogP contribution in [0.15, 0.2) is 24.3 Å². The van der Waals surface area contributed by atoms with Crippen LogP contribution in [0, 0.1) is 5.82 Å². The van der Waals surface area contributed by atoms with Crippen molar-refractivity contribution in [3.8, 4) is 0 Å². The summed E-state index contributed by atoms with van der Waals surface area (Å²) >= 11 is 0. The molecule has 166 valence electrons. The van der Waals surface area contributed by atoms with E-state index in [9.17, 15) is 18.8 Å². The van der Waals surface area contributed by atoms with Gasteiger partial charge in [0, 0.05) is 51.6 Å². The Bertz CT molecular complexity index is 753. The van der Waals surface area contributed by atoms with Crippen molar-refractivity contribution in [3.63, 3.8) is 0 Å². The van der Waals surface area contributed by atoms with Crippen LogP contribution in [0.5, 0.6) is 0 Å². The van der Waals surface area contributed by atoms with Gasteiger partial charge in [-0.05, 0) is 45.4 Å². The lowest BCUT2D eigenvalue weighted by molar-refractivity contribution is -0.137. The summed E-state index contributed by atoms with van der Waals surface area (Å²) in [7, 11) is 0. The zero-order chi connectivity index (χ0) is 22.4. The number of hydrogen-bond donors (Lipinski definition) is 1. The average Bonchev–Trinajstić information content (AvgIpc) is 2.66. The predicted octanol–water partition coefficient (Wildman–Crippen LogP) is 2.26. The van der Waals surface area contributed by atoms with Crippen molar-refractivity contribution < 1.29 is 18.8 Å². The highest BCUT2D eigenvalue weighted by Crippen LogP contribution is 2.14. The van der Waals surface area contributed by atoms with Crippen LogP contribution in [0.4, 0.5) is 9.18 Å². The van der Waals surface area contributed by atoms with E-state index in [2.05, 4.69) is 5.32 Å². The van der Waals surface area contributed by atoms with Crippen LogP contribution in [-0.4, -0.2) is 76.8 Å². The summed E-state index contributed by atoms with van der Waals surface area (Å²) in [5.74, 6) is -0.914. The molecule has 1 N–H and O–H groups in total. The molecule has 1 unspecified atom stereocenters. The SMILES string of the molecule is CC(=O)NC(Cc1cccc(F)c1)C(=O)N1CCN(C(=O)N(C(C)C)C(C)C)CC1. The molecule has 7 nitrogen and oxygen atoms in total. The van der Waals surface area contributed by atoms with Gasteiger partial charge in [0.15, 0.2) is 0 Å². The molecule has 0 saturated carbocycles. The first-order chi connectivity index (χ1) is 14.1. The van der Waals surface area contributed by atoms with Gasteiger partial charge in [0.05, 0.1) is 0 Å². The fraction of sp³-hybridized carbons (Fsp3) is 0.591. The molecular weight excluding hydrogens is 387 g/mol. The monoisotopic (exact) mass is 420 g/mol. The molecule has 1 aliphatic rings. The summed E-state index contributed by atoms with van der Waals surface area (Å²) in [5, 5.41) is 2.69. The average molecular weight is 421 g/mol. The molecule has 0 radical (unpaired) electrons. The van der Waals surface area contributed by atoms with Crippen LogP contribution in [-0.2, 0) is 16.0 Å². The van der Waals surface area contributed by atoms with Gasteiger partial charge >= 0.3 is 6.03 Å². The second-order valence-corrected chi connectivity index (χ2v) is 8.28. The standard InChI is InChI=1S/C22H33FN4O3/c1-15(2)27(16(3)4)22(30)26-11-9-25(10-12-26)21(29)20(24-17(5)28)14-18-7-6-8-19(23)13-18/h6-8,13,15-16,20H,9-12,14H2,1-5H3,(H,24,28). The van der Waals surface area contributed by atoms with Gasteiger partial charge in [0.25, 0.3) is 0 Å². The summed E-state index contributed by atoms with van der Waals surface area (Å²) in [6.45, 7) is 11.0. The zero-order valence-corrected chi connectivity index (χ0v) is 18.5. The maximum atomic E-state index is 13.5. The first-order valence-electron chi connectivity index (χ1n) is 10.5. The minimum atomic E-state index is -0.769. The van der Waals surface area contributed by atoms with Crippen LogP contribution in [0.3, 0.4) is 0 Å². The van der Waals surface area contributed by atoms with Crippen LogP contribution in [0.2, 0.25) is 0 Å². The number of nitrogens with zero attached hydrogens (tertiary/aromatic N) is 3. The highest BCUT2D eigenvalue weighted by molar-refractivity contribution is 5.87. The quantitative estimate of drug-likeness (QED) is 0.767. The van der Waals surface area contributed by atoms with Crippen LogP contribution >= 0.6 is 0 Å². The highest BCUT2D eigenvalue weighted by atomic mass is 19.1. The lowest BCUT2D eigenvalue weighted by Crippen LogP contribution is -2.59. The van der Waals surface area contributed by atoms with Gasteiger partial charge in [-0.3, -0.25) is 9.59 Å². The lowest BCUT2D eigenvalue weighted by atomic mass is 10.0. The van der Waals surface area contributed by atoms with E-state index in [-0.39, 0.29) is 42.2 Å². The van der Waals surface area contributed by atoms with Crippen molar-refractivity contribution in [2.45, 2.75) is 59.2 Å². The lowest BCUT2D eigenvalue weighted by Gasteiger charge is -2.41. The van der Waals surface area contributed by atoms with E-state index in [1.807, 2.05) is 32.6 Å². The van der Waals surface area contributed by atoms with Gasteiger partial charge in [0.2, 0.25) is 11.8 Å². The van der Waals surface area contributed by atoms with E-state index in [1.54, 1.807) is 21.9 Å². The number of halogens is 1. The number of amides is 4. The molecule has 4 amide bonds. The van der Waals surface area contributed by atoms with Crippen molar-refractivity contribution in [2.75, 3.05) is 26.2 Å². The number of urea groups is 1. The topological polar surface area (TPSA) is 73.0 Å². The van der Waals surface area contributed by atoms with Gasteiger partial charge in [0.1, 0.15) is 11.9 Å². The first kappa shape index (κ1) is 23.6. The molecule has 0 aliphatic carbocycles. The van der Waals surface area contributed by atoms with E-state index < -0.39 is 6.04 Å². The number of piperazine rings is 1. The fourth-order valence-electron chi connectivity index (χ4n) is 3.88. The van der Waals surface area contributed by atoms with Crippen LogP contribution in [0.25, 0.3) is 0 Å². The van der Waals surface area contributed by atoms with E-state index in [0.717, 1.165) is 0 Å². The molecule has 2 rings (SSSR count). The minimum absolute atomic E-state index is 0.0229. The summed E-state index contributed by atoms with van der Waals surface area (Å²) in [5.41, 5.74) is 0.639. The summed E-state index contributed by atoms with van der Waals surface area (Å²) < 4.78 is 13.5. The summed E-state index contributed by atoms with van der Waals surface area (Å²) in [4.78, 5) is 42.8. The number of rotatable bonds is 6. The number of carbonyl (C=O) groups is 3.